The molecule has 1 saturated heterocycles. The van der Waals surface area contributed by atoms with Gasteiger partial charge in [0.15, 0.2) is 0 Å². The van der Waals surface area contributed by atoms with Crippen LogP contribution in [0.5, 0.6) is 0 Å². The first kappa shape index (κ1) is 17.8. The van der Waals surface area contributed by atoms with Crippen molar-refractivity contribution in [3.05, 3.63) is 27.4 Å². The van der Waals surface area contributed by atoms with E-state index in [1.54, 1.807) is 0 Å². The van der Waals surface area contributed by atoms with Gasteiger partial charge >= 0.3 is 7.12 Å². The van der Waals surface area contributed by atoms with Crippen molar-refractivity contribution in [1.82, 2.24) is 4.57 Å². The van der Waals surface area contributed by atoms with Crippen LogP contribution in [-0.4, -0.2) is 22.9 Å². The average molecular weight is 348 g/mol. The first-order valence-electron chi connectivity index (χ1n) is 8.50. The summed E-state index contributed by atoms with van der Waals surface area (Å²) in [6.07, 6.45) is 0. The van der Waals surface area contributed by atoms with Crippen LogP contribution in [0.4, 0.5) is 0 Å². The zero-order chi connectivity index (χ0) is 18.2. The van der Waals surface area contributed by atoms with Gasteiger partial charge in [0, 0.05) is 34.1 Å². The molecule has 1 aromatic heterocycles. The van der Waals surface area contributed by atoms with E-state index in [0.29, 0.717) is 0 Å². The predicted octanol–water partition coefficient (Wildman–Crippen LogP) is 4.36. The van der Waals surface area contributed by atoms with Gasteiger partial charge in [0.25, 0.3) is 0 Å². The molecule has 1 aromatic carbocycles. The van der Waals surface area contributed by atoms with Crippen LogP contribution in [0.2, 0.25) is 5.02 Å². The Labute approximate surface area is 150 Å². The maximum Gasteiger partial charge on any atom is 0.497 e. The van der Waals surface area contributed by atoms with E-state index in [0.717, 1.165) is 21.6 Å². The third-order valence-electron chi connectivity index (χ3n) is 6.17. The first-order chi connectivity index (χ1) is 10.9. The highest BCUT2D eigenvalue weighted by Crippen LogP contribution is 2.39. The molecule has 1 aliphatic heterocycles. The Hall–Kier alpha value is -0.965. The number of hydrogen-bond acceptors (Lipinski definition) is 2. The molecule has 5 heteroatoms. The topological polar surface area (TPSA) is 23.4 Å². The zero-order valence-electron chi connectivity index (χ0n) is 16.2. The van der Waals surface area contributed by atoms with Crippen LogP contribution in [0.1, 0.15) is 50.1 Å². The SMILES string of the molecule is Cc1c(Cl)c(C)c2c(C)c(C)n(C)c2c1B1OC(C)(C)C(C)(C)O1. The lowest BCUT2D eigenvalue weighted by atomic mass is 9.74. The van der Waals surface area contributed by atoms with Crippen molar-refractivity contribution in [2.24, 2.45) is 7.05 Å². The number of fused-ring (bicyclic) bond motifs is 1. The summed E-state index contributed by atoms with van der Waals surface area (Å²) in [4.78, 5) is 0. The standard InChI is InChI=1S/C19H27BClNO2/c1-10-13(4)22(9)17-14(10)11(2)16(21)12(3)15(17)20-23-18(5,6)19(7,8)24-20/h1-9H3. The number of rotatable bonds is 1. The minimum atomic E-state index is -0.414. The van der Waals surface area contributed by atoms with Gasteiger partial charge in [0.2, 0.25) is 0 Å². The maximum absolute atomic E-state index is 6.70. The fraction of sp³-hybridized carbons (Fsp3) is 0.579. The van der Waals surface area contributed by atoms with Crippen molar-refractivity contribution < 1.29 is 9.31 Å². The van der Waals surface area contributed by atoms with Crippen LogP contribution in [0.3, 0.4) is 0 Å². The van der Waals surface area contributed by atoms with E-state index in [2.05, 4.69) is 67.0 Å². The lowest BCUT2D eigenvalue weighted by molar-refractivity contribution is 0.00578. The van der Waals surface area contributed by atoms with Crippen LogP contribution in [0, 0.1) is 27.7 Å². The second-order valence-corrected chi connectivity index (χ2v) is 8.44. The molecule has 0 N–H and O–H groups in total. The van der Waals surface area contributed by atoms with E-state index >= 15 is 0 Å². The van der Waals surface area contributed by atoms with E-state index in [-0.39, 0.29) is 11.2 Å². The van der Waals surface area contributed by atoms with Crippen LogP contribution < -0.4 is 5.46 Å². The molecule has 0 unspecified atom stereocenters. The van der Waals surface area contributed by atoms with Crippen molar-refractivity contribution in [2.75, 3.05) is 0 Å². The fourth-order valence-electron chi connectivity index (χ4n) is 3.66. The predicted molar refractivity (Wildman–Crippen MR) is 103 cm³/mol. The molecule has 1 fully saturated rings. The smallest absolute Gasteiger partial charge is 0.399 e. The number of hydrogen-bond donors (Lipinski definition) is 0. The summed E-state index contributed by atoms with van der Waals surface area (Å²) in [5.74, 6) is 0. The highest BCUT2D eigenvalue weighted by molar-refractivity contribution is 6.66. The highest BCUT2D eigenvalue weighted by Gasteiger charge is 2.53. The first-order valence-corrected chi connectivity index (χ1v) is 8.88. The summed E-state index contributed by atoms with van der Waals surface area (Å²) in [5.41, 5.74) is 6.16. The van der Waals surface area contributed by atoms with E-state index in [1.807, 2.05) is 0 Å². The molecule has 1 aliphatic rings. The second-order valence-electron chi connectivity index (χ2n) is 8.06. The second kappa shape index (κ2) is 5.26. The van der Waals surface area contributed by atoms with Gasteiger partial charge in [-0.25, -0.2) is 0 Å². The van der Waals surface area contributed by atoms with Gasteiger partial charge in [-0.15, -0.1) is 0 Å². The van der Waals surface area contributed by atoms with E-state index in [1.165, 1.54) is 22.2 Å². The molecule has 130 valence electrons. The lowest BCUT2D eigenvalue weighted by Gasteiger charge is -2.32. The molecule has 0 amide bonds. The fourth-order valence-corrected chi connectivity index (χ4v) is 3.85. The van der Waals surface area contributed by atoms with Gasteiger partial charge in [-0.1, -0.05) is 11.6 Å². The van der Waals surface area contributed by atoms with Crippen LogP contribution in [0.25, 0.3) is 10.9 Å². The third-order valence-corrected chi connectivity index (χ3v) is 6.74. The molecule has 3 rings (SSSR count). The van der Waals surface area contributed by atoms with Crippen molar-refractivity contribution >= 4 is 35.1 Å². The largest absolute Gasteiger partial charge is 0.497 e. The third kappa shape index (κ3) is 2.19. The zero-order valence-corrected chi connectivity index (χ0v) is 17.0. The highest BCUT2D eigenvalue weighted by atomic mass is 35.5. The molecule has 0 aliphatic carbocycles. The van der Waals surface area contributed by atoms with Gasteiger partial charge in [0.05, 0.1) is 11.2 Å². The number of benzene rings is 1. The van der Waals surface area contributed by atoms with Gasteiger partial charge in [0.1, 0.15) is 0 Å². The van der Waals surface area contributed by atoms with E-state index in [4.69, 9.17) is 20.9 Å². The van der Waals surface area contributed by atoms with Gasteiger partial charge in [-0.2, -0.15) is 0 Å². The Bertz CT molecular complexity index is 835. The molecule has 0 atom stereocenters. The van der Waals surface area contributed by atoms with Crippen molar-refractivity contribution in [2.45, 2.75) is 66.6 Å². The molecular formula is C19H27BClNO2. The van der Waals surface area contributed by atoms with Crippen molar-refractivity contribution in [3.63, 3.8) is 0 Å². The minimum absolute atomic E-state index is 0.372. The number of aromatic nitrogens is 1. The summed E-state index contributed by atoms with van der Waals surface area (Å²) in [5, 5.41) is 2.02. The molecule has 2 aromatic rings. The average Bonchev–Trinajstić information content (AvgIpc) is 2.82. The van der Waals surface area contributed by atoms with Gasteiger partial charge in [-0.3, -0.25) is 0 Å². The Morgan fingerprint density at radius 2 is 1.38 bits per heavy atom. The molecule has 2 heterocycles. The molecule has 24 heavy (non-hydrogen) atoms. The molecule has 0 radical (unpaired) electrons. The van der Waals surface area contributed by atoms with Crippen LogP contribution >= 0.6 is 11.6 Å². The molecule has 0 bridgehead atoms. The molecule has 3 nitrogen and oxygen atoms in total. The Morgan fingerprint density at radius 3 is 1.88 bits per heavy atom. The van der Waals surface area contributed by atoms with Crippen molar-refractivity contribution in [1.29, 1.82) is 0 Å². The number of aryl methyl sites for hydroxylation is 3. The molecule has 0 saturated carbocycles. The lowest BCUT2D eigenvalue weighted by Crippen LogP contribution is -2.41. The summed E-state index contributed by atoms with van der Waals surface area (Å²) in [6, 6.07) is 0. The normalized spacial score (nSPS) is 19.5. The van der Waals surface area contributed by atoms with Crippen LogP contribution in [-0.2, 0) is 16.4 Å². The van der Waals surface area contributed by atoms with Crippen LogP contribution in [0.15, 0.2) is 0 Å². The van der Waals surface area contributed by atoms with Gasteiger partial charge in [-0.05, 0) is 72.1 Å². The quantitative estimate of drug-likeness (QED) is 0.715. The molecular weight excluding hydrogens is 320 g/mol. The number of nitrogens with zero attached hydrogens (tertiary/aromatic N) is 1. The summed E-state index contributed by atoms with van der Waals surface area (Å²) in [6.45, 7) is 16.8. The monoisotopic (exact) mass is 347 g/mol. The summed E-state index contributed by atoms with van der Waals surface area (Å²) >= 11 is 6.70. The number of halogens is 1. The minimum Gasteiger partial charge on any atom is -0.399 e. The maximum atomic E-state index is 6.70. The van der Waals surface area contributed by atoms with E-state index in [9.17, 15) is 0 Å². The summed E-state index contributed by atoms with van der Waals surface area (Å²) in [7, 11) is 1.69. The summed E-state index contributed by atoms with van der Waals surface area (Å²) < 4.78 is 14.9. The molecule has 0 spiro atoms. The van der Waals surface area contributed by atoms with Crippen molar-refractivity contribution in [3.8, 4) is 0 Å². The Balaban J connectivity index is 2.36. The van der Waals surface area contributed by atoms with Gasteiger partial charge < -0.3 is 13.9 Å². The van der Waals surface area contributed by atoms with E-state index < -0.39 is 7.12 Å². The Kier molecular flexibility index (Phi) is 3.91. The Morgan fingerprint density at radius 1 is 0.875 bits per heavy atom.